The molecule has 1 saturated carbocycles. The Morgan fingerprint density at radius 3 is 2.24 bits per heavy atom. The van der Waals surface area contributed by atoms with Crippen molar-refractivity contribution in [3.8, 4) is 0 Å². The van der Waals surface area contributed by atoms with E-state index in [4.69, 9.17) is 14.2 Å². The SMILES string of the molecule is C=C1CCOC12CCC1(OCCO1)C(C)(C)C2. The van der Waals surface area contributed by atoms with E-state index in [1.165, 1.54) is 5.57 Å². The van der Waals surface area contributed by atoms with Gasteiger partial charge < -0.3 is 14.2 Å². The largest absolute Gasteiger partial charge is 0.370 e. The summed E-state index contributed by atoms with van der Waals surface area (Å²) in [4.78, 5) is 0. The number of rotatable bonds is 0. The topological polar surface area (TPSA) is 27.7 Å². The average Bonchev–Trinajstić information content (AvgIpc) is 2.84. The summed E-state index contributed by atoms with van der Waals surface area (Å²) in [6.07, 6.45) is 3.86. The molecule has 3 aliphatic rings. The van der Waals surface area contributed by atoms with E-state index in [2.05, 4.69) is 20.4 Å². The predicted octanol–water partition coefficient (Wildman–Crippen LogP) is 2.65. The Balaban J connectivity index is 1.88. The standard InChI is InChI=1S/C14H22O3/c1-11-4-7-15-13(11)5-6-14(12(2,3)10-13)16-8-9-17-14/h1,4-10H2,2-3H3. The van der Waals surface area contributed by atoms with Gasteiger partial charge in [0.05, 0.1) is 25.4 Å². The van der Waals surface area contributed by atoms with E-state index < -0.39 is 0 Å². The first kappa shape index (κ1) is 11.7. The van der Waals surface area contributed by atoms with Gasteiger partial charge in [-0.2, -0.15) is 0 Å². The highest BCUT2D eigenvalue weighted by atomic mass is 16.7. The quantitative estimate of drug-likeness (QED) is 0.607. The zero-order valence-electron chi connectivity index (χ0n) is 10.9. The van der Waals surface area contributed by atoms with Gasteiger partial charge in [-0.05, 0) is 24.8 Å². The van der Waals surface area contributed by atoms with Crippen LogP contribution in [0.1, 0.15) is 39.5 Å². The molecule has 3 heteroatoms. The van der Waals surface area contributed by atoms with E-state index in [0.717, 1.165) is 45.5 Å². The van der Waals surface area contributed by atoms with Crippen molar-refractivity contribution >= 4 is 0 Å². The lowest BCUT2D eigenvalue weighted by atomic mass is 9.64. The van der Waals surface area contributed by atoms with Gasteiger partial charge in [-0.1, -0.05) is 20.4 Å². The summed E-state index contributed by atoms with van der Waals surface area (Å²) in [5, 5.41) is 0. The van der Waals surface area contributed by atoms with E-state index in [9.17, 15) is 0 Å². The normalized spacial score (nSPS) is 39.3. The fourth-order valence-corrected chi connectivity index (χ4v) is 3.76. The molecular weight excluding hydrogens is 216 g/mol. The summed E-state index contributed by atoms with van der Waals surface area (Å²) in [5.41, 5.74) is 1.14. The van der Waals surface area contributed by atoms with E-state index in [-0.39, 0.29) is 16.8 Å². The van der Waals surface area contributed by atoms with Gasteiger partial charge in [-0.25, -0.2) is 0 Å². The van der Waals surface area contributed by atoms with Crippen molar-refractivity contribution in [1.29, 1.82) is 0 Å². The van der Waals surface area contributed by atoms with Crippen molar-refractivity contribution < 1.29 is 14.2 Å². The predicted molar refractivity (Wildman–Crippen MR) is 64.7 cm³/mol. The molecule has 0 bridgehead atoms. The average molecular weight is 238 g/mol. The van der Waals surface area contributed by atoms with Gasteiger partial charge >= 0.3 is 0 Å². The Labute approximate surface area is 103 Å². The van der Waals surface area contributed by atoms with E-state index in [0.29, 0.717) is 0 Å². The van der Waals surface area contributed by atoms with Crippen molar-refractivity contribution in [3.05, 3.63) is 12.2 Å². The zero-order valence-corrected chi connectivity index (χ0v) is 10.9. The highest BCUT2D eigenvalue weighted by molar-refractivity contribution is 5.21. The maximum absolute atomic E-state index is 6.02. The second kappa shape index (κ2) is 3.56. The lowest BCUT2D eigenvalue weighted by Gasteiger charge is -2.52. The summed E-state index contributed by atoms with van der Waals surface area (Å²) in [6.45, 7) is 10.9. The summed E-state index contributed by atoms with van der Waals surface area (Å²) < 4.78 is 17.9. The second-order valence-electron chi connectivity index (χ2n) is 6.21. The molecule has 0 N–H and O–H groups in total. The third kappa shape index (κ3) is 1.52. The lowest BCUT2D eigenvalue weighted by molar-refractivity contribution is -0.267. The first-order valence-corrected chi connectivity index (χ1v) is 6.60. The summed E-state index contributed by atoms with van der Waals surface area (Å²) in [6, 6.07) is 0. The van der Waals surface area contributed by atoms with Gasteiger partial charge in [-0.15, -0.1) is 0 Å². The third-order valence-electron chi connectivity index (χ3n) is 4.80. The first-order chi connectivity index (χ1) is 8.00. The Morgan fingerprint density at radius 2 is 1.71 bits per heavy atom. The van der Waals surface area contributed by atoms with Gasteiger partial charge in [0.25, 0.3) is 0 Å². The Bertz CT molecular complexity index is 341. The van der Waals surface area contributed by atoms with Crippen molar-refractivity contribution in [1.82, 2.24) is 0 Å². The summed E-state index contributed by atoms with van der Waals surface area (Å²) in [7, 11) is 0. The fourth-order valence-electron chi connectivity index (χ4n) is 3.76. The molecule has 0 amide bonds. The molecule has 0 aromatic carbocycles. The van der Waals surface area contributed by atoms with Crippen LogP contribution in [0.15, 0.2) is 12.2 Å². The second-order valence-corrected chi connectivity index (χ2v) is 6.21. The van der Waals surface area contributed by atoms with Crippen molar-refractivity contribution in [3.63, 3.8) is 0 Å². The maximum atomic E-state index is 6.02. The third-order valence-corrected chi connectivity index (χ3v) is 4.80. The molecule has 0 aromatic rings. The molecule has 1 aliphatic carbocycles. The number of hydrogen-bond acceptors (Lipinski definition) is 3. The van der Waals surface area contributed by atoms with Gasteiger partial charge in [0.15, 0.2) is 5.79 Å². The number of hydrogen-bond donors (Lipinski definition) is 0. The van der Waals surface area contributed by atoms with Crippen LogP contribution in [-0.4, -0.2) is 31.2 Å². The molecule has 3 fully saturated rings. The van der Waals surface area contributed by atoms with E-state index in [1.54, 1.807) is 0 Å². The molecule has 0 radical (unpaired) electrons. The van der Waals surface area contributed by atoms with Crippen molar-refractivity contribution in [2.75, 3.05) is 19.8 Å². The molecule has 1 unspecified atom stereocenters. The van der Waals surface area contributed by atoms with Crippen LogP contribution in [0, 0.1) is 5.41 Å². The van der Waals surface area contributed by atoms with Gasteiger partial charge in [0, 0.05) is 11.8 Å². The minimum absolute atomic E-state index is 0.0188. The van der Waals surface area contributed by atoms with Crippen molar-refractivity contribution in [2.45, 2.75) is 50.9 Å². The van der Waals surface area contributed by atoms with Gasteiger partial charge in [-0.3, -0.25) is 0 Å². The molecule has 2 saturated heterocycles. The minimum atomic E-state index is -0.384. The number of ether oxygens (including phenoxy) is 3. The highest BCUT2D eigenvalue weighted by Crippen LogP contribution is 2.56. The van der Waals surface area contributed by atoms with Crippen LogP contribution in [0.2, 0.25) is 0 Å². The molecule has 0 aromatic heterocycles. The summed E-state index contributed by atoms with van der Waals surface area (Å²) >= 11 is 0. The Hall–Kier alpha value is -0.380. The molecule has 3 rings (SSSR count). The maximum Gasteiger partial charge on any atom is 0.173 e. The molecule has 1 atom stereocenters. The fraction of sp³-hybridized carbons (Fsp3) is 0.857. The van der Waals surface area contributed by atoms with Crippen LogP contribution in [0.25, 0.3) is 0 Å². The van der Waals surface area contributed by atoms with Crippen LogP contribution in [0.4, 0.5) is 0 Å². The molecule has 2 spiro atoms. The van der Waals surface area contributed by atoms with E-state index >= 15 is 0 Å². The zero-order chi connectivity index (χ0) is 12.1. The Morgan fingerprint density at radius 1 is 1.00 bits per heavy atom. The van der Waals surface area contributed by atoms with Crippen LogP contribution in [0.5, 0.6) is 0 Å². The smallest absolute Gasteiger partial charge is 0.173 e. The molecule has 2 aliphatic heterocycles. The van der Waals surface area contributed by atoms with Crippen molar-refractivity contribution in [2.24, 2.45) is 5.41 Å². The van der Waals surface area contributed by atoms with Crippen LogP contribution < -0.4 is 0 Å². The molecule has 3 nitrogen and oxygen atoms in total. The monoisotopic (exact) mass is 238 g/mol. The van der Waals surface area contributed by atoms with E-state index in [1.807, 2.05) is 0 Å². The highest BCUT2D eigenvalue weighted by Gasteiger charge is 2.59. The molecule has 96 valence electrons. The van der Waals surface area contributed by atoms with Crippen LogP contribution in [-0.2, 0) is 14.2 Å². The van der Waals surface area contributed by atoms with Crippen LogP contribution >= 0.6 is 0 Å². The Kier molecular flexibility index (Phi) is 2.45. The van der Waals surface area contributed by atoms with Gasteiger partial charge in [0.2, 0.25) is 0 Å². The molecule has 2 heterocycles. The lowest BCUT2D eigenvalue weighted by Crippen LogP contribution is -2.55. The molecule has 17 heavy (non-hydrogen) atoms. The summed E-state index contributed by atoms with van der Waals surface area (Å²) in [5.74, 6) is -0.384. The molecular formula is C14H22O3. The van der Waals surface area contributed by atoms with Gasteiger partial charge in [0.1, 0.15) is 0 Å². The first-order valence-electron chi connectivity index (χ1n) is 6.60. The van der Waals surface area contributed by atoms with Crippen LogP contribution in [0.3, 0.4) is 0 Å². The minimum Gasteiger partial charge on any atom is -0.370 e.